The van der Waals surface area contributed by atoms with E-state index in [-0.39, 0.29) is 24.0 Å². The number of rotatable bonds is 5. The Morgan fingerprint density at radius 3 is 2.64 bits per heavy atom. The van der Waals surface area contributed by atoms with Gasteiger partial charge in [-0.05, 0) is 63.9 Å². The molecule has 1 unspecified atom stereocenters. The molecular weight excluding hydrogens is 356 g/mol. The van der Waals surface area contributed by atoms with Crippen molar-refractivity contribution in [3.63, 3.8) is 0 Å². The summed E-state index contributed by atoms with van der Waals surface area (Å²) in [5.41, 5.74) is -0.614. The number of carbonyl (C=O) groups is 2. The van der Waals surface area contributed by atoms with Crippen LogP contribution in [-0.2, 0) is 16.1 Å². The minimum atomic E-state index is -0.614. The van der Waals surface area contributed by atoms with Crippen molar-refractivity contribution in [2.24, 2.45) is 0 Å². The predicted octanol–water partition coefficient (Wildman–Crippen LogP) is 1.95. The third kappa shape index (κ3) is 3.69. The molecule has 2 amide bonds. The van der Waals surface area contributed by atoms with Gasteiger partial charge in [0.1, 0.15) is 5.54 Å². The summed E-state index contributed by atoms with van der Waals surface area (Å²) >= 11 is 0. The first-order valence-electron chi connectivity index (χ1n) is 10.9. The Morgan fingerprint density at radius 1 is 1.18 bits per heavy atom. The summed E-state index contributed by atoms with van der Waals surface area (Å²) in [4.78, 5) is 30.5. The maximum Gasteiger partial charge on any atom is 0.248 e. The number of hydrogen-bond donors (Lipinski definition) is 1. The van der Waals surface area contributed by atoms with Crippen molar-refractivity contribution in [3.8, 4) is 0 Å². The maximum atomic E-state index is 13.6. The van der Waals surface area contributed by atoms with Gasteiger partial charge in [0.15, 0.2) is 0 Å². The molecule has 1 aromatic heterocycles. The second-order valence-electron chi connectivity index (χ2n) is 8.62. The van der Waals surface area contributed by atoms with Crippen molar-refractivity contribution in [2.75, 3.05) is 13.1 Å². The van der Waals surface area contributed by atoms with E-state index in [0.29, 0.717) is 13.0 Å². The molecule has 2 aliphatic heterocycles. The summed E-state index contributed by atoms with van der Waals surface area (Å²) in [6.07, 6.45) is 11.4. The van der Waals surface area contributed by atoms with Crippen LogP contribution in [0.5, 0.6) is 0 Å². The standard InChI is InChI=1S/C21H32N4O3/c26-18-8-6-17(7-9-18)24-15-2-10-21(20(24)28)11-3-16-25(21)19(27)5-1-13-23-14-4-12-22-23/h4,12,14,17-18,26H,1-3,5-11,13,15-16H2. The average Bonchev–Trinajstić information content (AvgIpc) is 3.35. The number of likely N-dealkylation sites (tertiary alicyclic amines) is 2. The van der Waals surface area contributed by atoms with Gasteiger partial charge in [-0.25, -0.2) is 0 Å². The molecule has 7 nitrogen and oxygen atoms in total. The molecule has 154 valence electrons. The fourth-order valence-corrected chi connectivity index (χ4v) is 5.42. The topological polar surface area (TPSA) is 78.7 Å². The molecule has 7 heteroatoms. The highest BCUT2D eigenvalue weighted by Gasteiger charge is 2.53. The molecular formula is C21H32N4O3. The minimum Gasteiger partial charge on any atom is -0.393 e. The van der Waals surface area contributed by atoms with Crippen LogP contribution < -0.4 is 0 Å². The number of aliphatic hydroxyl groups is 1. The molecule has 28 heavy (non-hydrogen) atoms. The zero-order valence-electron chi connectivity index (χ0n) is 16.6. The van der Waals surface area contributed by atoms with Gasteiger partial charge in [0, 0.05) is 44.5 Å². The Bertz CT molecular complexity index is 684. The first-order chi connectivity index (χ1) is 13.6. The third-order valence-electron chi connectivity index (χ3n) is 6.88. The van der Waals surface area contributed by atoms with Gasteiger partial charge in [-0.1, -0.05) is 0 Å². The van der Waals surface area contributed by atoms with E-state index in [0.717, 1.165) is 70.9 Å². The van der Waals surface area contributed by atoms with Crippen LogP contribution in [0.4, 0.5) is 0 Å². The lowest BCUT2D eigenvalue weighted by Crippen LogP contribution is -2.63. The first-order valence-corrected chi connectivity index (χ1v) is 10.9. The minimum absolute atomic E-state index is 0.110. The molecule has 1 aromatic rings. The lowest BCUT2D eigenvalue weighted by atomic mass is 9.82. The molecule has 1 N–H and O–H groups in total. The zero-order chi connectivity index (χ0) is 19.6. The summed E-state index contributed by atoms with van der Waals surface area (Å²) in [5, 5.41) is 14.0. The number of aromatic nitrogens is 2. The summed E-state index contributed by atoms with van der Waals surface area (Å²) < 4.78 is 1.85. The normalized spacial score (nSPS) is 31.0. The van der Waals surface area contributed by atoms with Crippen molar-refractivity contribution in [3.05, 3.63) is 18.5 Å². The first kappa shape index (κ1) is 19.4. The highest BCUT2D eigenvalue weighted by molar-refractivity contribution is 5.93. The van der Waals surface area contributed by atoms with Crippen LogP contribution in [0.15, 0.2) is 18.5 Å². The lowest BCUT2D eigenvalue weighted by Gasteiger charge is -2.48. The van der Waals surface area contributed by atoms with Crippen LogP contribution in [0, 0.1) is 0 Å². The predicted molar refractivity (Wildman–Crippen MR) is 104 cm³/mol. The van der Waals surface area contributed by atoms with Crippen LogP contribution >= 0.6 is 0 Å². The van der Waals surface area contributed by atoms with Crippen LogP contribution in [0.1, 0.15) is 64.2 Å². The van der Waals surface area contributed by atoms with Crippen LogP contribution in [0.3, 0.4) is 0 Å². The van der Waals surface area contributed by atoms with E-state index in [1.54, 1.807) is 6.20 Å². The van der Waals surface area contributed by atoms with Gasteiger partial charge < -0.3 is 14.9 Å². The third-order valence-corrected chi connectivity index (χ3v) is 6.88. The number of carbonyl (C=O) groups excluding carboxylic acids is 2. The highest BCUT2D eigenvalue weighted by Crippen LogP contribution is 2.40. The Kier molecular flexibility index (Phi) is 5.71. The Balaban J connectivity index is 1.41. The Labute approximate surface area is 166 Å². The van der Waals surface area contributed by atoms with Gasteiger partial charge in [-0.15, -0.1) is 0 Å². The van der Waals surface area contributed by atoms with Crippen LogP contribution in [-0.4, -0.2) is 67.3 Å². The van der Waals surface area contributed by atoms with E-state index in [2.05, 4.69) is 5.10 Å². The molecule has 0 radical (unpaired) electrons. The van der Waals surface area contributed by atoms with Gasteiger partial charge >= 0.3 is 0 Å². The second-order valence-corrected chi connectivity index (χ2v) is 8.62. The fourth-order valence-electron chi connectivity index (χ4n) is 5.42. The number of piperidine rings is 1. The zero-order valence-corrected chi connectivity index (χ0v) is 16.6. The highest BCUT2D eigenvalue weighted by atomic mass is 16.3. The van der Waals surface area contributed by atoms with Gasteiger partial charge in [-0.2, -0.15) is 5.10 Å². The molecule has 0 aromatic carbocycles. The summed E-state index contributed by atoms with van der Waals surface area (Å²) in [6, 6.07) is 2.11. The van der Waals surface area contributed by atoms with E-state index in [9.17, 15) is 14.7 Å². The van der Waals surface area contributed by atoms with E-state index in [1.165, 1.54) is 0 Å². The Hall–Kier alpha value is -1.89. The smallest absolute Gasteiger partial charge is 0.248 e. The van der Waals surface area contributed by atoms with Crippen molar-refractivity contribution in [1.29, 1.82) is 0 Å². The Morgan fingerprint density at radius 2 is 1.93 bits per heavy atom. The molecule has 0 bridgehead atoms. The molecule has 1 saturated carbocycles. The summed E-state index contributed by atoms with van der Waals surface area (Å²) in [7, 11) is 0. The van der Waals surface area contributed by atoms with E-state index >= 15 is 0 Å². The molecule has 3 heterocycles. The van der Waals surface area contributed by atoms with Crippen molar-refractivity contribution < 1.29 is 14.7 Å². The SMILES string of the molecule is O=C(CCCn1cccn1)N1CCCC12CCCN(C1CCC(O)CC1)C2=O. The molecule has 4 rings (SSSR count). The molecule has 1 aliphatic carbocycles. The lowest BCUT2D eigenvalue weighted by molar-refractivity contribution is -0.158. The quantitative estimate of drug-likeness (QED) is 0.836. The fraction of sp³-hybridized carbons (Fsp3) is 0.762. The van der Waals surface area contributed by atoms with Crippen molar-refractivity contribution >= 4 is 11.8 Å². The van der Waals surface area contributed by atoms with E-state index < -0.39 is 5.54 Å². The average molecular weight is 389 g/mol. The largest absolute Gasteiger partial charge is 0.393 e. The van der Waals surface area contributed by atoms with Crippen molar-refractivity contribution in [1.82, 2.24) is 19.6 Å². The maximum absolute atomic E-state index is 13.6. The molecule has 3 aliphatic rings. The van der Waals surface area contributed by atoms with Gasteiger partial charge in [0.05, 0.1) is 6.10 Å². The molecule has 1 spiro atoms. The van der Waals surface area contributed by atoms with Gasteiger partial charge in [-0.3, -0.25) is 14.3 Å². The van der Waals surface area contributed by atoms with Gasteiger partial charge in [0.2, 0.25) is 11.8 Å². The van der Waals surface area contributed by atoms with Gasteiger partial charge in [0.25, 0.3) is 0 Å². The number of nitrogens with zero attached hydrogens (tertiary/aromatic N) is 4. The molecule has 3 fully saturated rings. The summed E-state index contributed by atoms with van der Waals surface area (Å²) in [6.45, 7) is 2.22. The number of aliphatic hydroxyl groups excluding tert-OH is 1. The number of amides is 2. The summed E-state index contributed by atoms with van der Waals surface area (Å²) in [5.74, 6) is 0.275. The second kappa shape index (κ2) is 8.23. The van der Waals surface area contributed by atoms with E-state index in [1.807, 2.05) is 26.7 Å². The van der Waals surface area contributed by atoms with Crippen LogP contribution in [0.2, 0.25) is 0 Å². The molecule has 2 saturated heterocycles. The van der Waals surface area contributed by atoms with E-state index in [4.69, 9.17) is 0 Å². The van der Waals surface area contributed by atoms with Crippen molar-refractivity contribution in [2.45, 2.75) is 88.4 Å². The van der Waals surface area contributed by atoms with Crippen LogP contribution in [0.25, 0.3) is 0 Å². The monoisotopic (exact) mass is 388 g/mol. The molecule has 1 atom stereocenters. The number of aryl methyl sites for hydroxylation is 1. The number of hydrogen-bond acceptors (Lipinski definition) is 4.